The van der Waals surface area contributed by atoms with E-state index < -0.39 is 0 Å². The first-order valence-electron chi connectivity index (χ1n) is 5.32. The minimum atomic E-state index is 1.19. The third-order valence-electron chi connectivity index (χ3n) is 5.29. The van der Waals surface area contributed by atoms with Gasteiger partial charge in [-0.3, -0.25) is 0 Å². The Bertz CT molecular complexity index is 190. The second-order valence-electron chi connectivity index (χ2n) is 5.60. The van der Waals surface area contributed by atoms with Crippen molar-refractivity contribution in [3.05, 3.63) is 5.92 Å². The first kappa shape index (κ1) is 4.79. The van der Waals surface area contributed by atoms with E-state index in [1.165, 1.54) is 41.4 Å². The van der Waals surface area contributed by atoms with Crippen LogP contribution in [-0.4, -0.2) is 0 Å². The van der Waals surface area contributed by atoms with Crippen LogP contribution < -0.4 is 0 Å². The van der Waals surface area contributed by atoms with Crippen molar-refractivity contribution in [3.63, 3.8) is 0 Å². The maximum absolute atomic E-state index is 2.10. The molecule has 0 N–H and O–H groups in total. The largest absolute Gasteiger partial charge is 0.105 e. The Labute approximate surface area is 67.4 Å². The van der Waals surface area contributed by atoms with Crippen molar-refractivity contribution in [2.24, 2.45) is 41.4 Å². The van der Waals surface area contributed by atoms with E-state index in [2.05, 4.69) is 5.92 Å². The van der Waals surface area contributed by atoms with Gasteiger partial charge in [-0.05, 0) is 25.2 Å². The Kier molecular flexibility index (Phi) is 0.468. The van der Waals surface area contributed by atoms with Gasteiger partial charge in [-0.15, -0.1) is 0 Å². The minimum Gasteiger partial charge on any atom is -0.0193 e. The summed E-state index contributed by atoms with van der Waals surface area (Å²) in [6, 6.07) is 0. The molecule has 0 nitrogen and oxygen atoms in total. The first-order valence-corrected chi connectivity index (χ1v) is 5.32. The van der Waals surface area contributed by atoms with E-state index in [9.17, 15) is 0 Å². The summed E-state index contributed by atoms with van der Waals surface area (Å²) in [6.07, 6.45) is 4.88. The lowest BCUT2D eigenvalue weighted by Gasteiger charge is -2.25. The molecule has 0 amide bonds. The van der Waals surface area contributed by atoms with E-state index in [0.29, 0.717) is 0 Å². The van der Waals surface area contributed by atoms with E-state index >= 15 is 0 Å². The Morgan fingerprint density at radius 1 is 0.727 bits per heavy atom. The van der Waals surface area contributed by atoms with Crippen LogP contribution in [0.5, 0.6) is 0 Å². The van der Waals surface area contributed by atoms with Crippen molar-refractivity contribution in [1.82, 2.24) is 0 Å². The fraction of sp³-hybridized carbons (Fsp3) is 0.909. The Balaban J connectivity index is 1.77. The van der Waals surface area contributed by atoms with Gasteiger partial charge >= 0.3 is 0 Å². The third-order valence-corrected chi connectivity index (χ3v) is 5.29. The Morgan fingerprint density at radius 3 is 1.55 bits per heavy atom. The maximum Gasteiger partial charge on any atom is 0.105 e. The molecular weight excluding hydrogens is 132 g/mol. The van der Waals surface area contributed by atoms with Gasteiger partial charge in [0.2, 0.25) is 0 Å². The average molecular weight is 145 g/mol. The molecule has 0 saturated heterocycles. The molecule has 6 fully saturated rings. The van der Waals surface area contributed by atoms with Crippen molar-refractivity contribution in [2.45, 2.75) is 19.3 Å². The van der Waals surface area contributed by atoms with Gasteiger partial charge in [0.1, 0.15) is 23.7 Å². The van der Waals surface area contributed by atoms with Crippen LogP contribution in [0.15, 0.2) is 0 Å². The molecule has 6 aliphatic rings. The minimum absolute atomic E-state index is 1.19. The molecule has 0 spiro atoms. The lowest BCUT2D eigenvalue weighted by Crippen LogP contribution is -2.29. The highest BCUT2D eigenvalue weighted by molar-refractivity contribution is 5.37. The zero-order valence-corrected chi connectivity index (χ0v) is 6.66. The lowest BCUT2D eigenvalue weighted by molar-refractivity contribution is 0.228. The molecule has 0 heteroatoms. The Hall–Kier alpha value is -0.130. The molecule has 2 bridgehead atoms. The molecule has 6 rings (SSSR count). The lowest BCUT2D eigenvalue weighted by atomic mass is 9.71. The zero-order chi connectivity index (χ0) is 6.74. The summed E-state index contributed by atoms with van der Waals surface area (Å²) in [7, 11) is 0. The van der Waals surface area contributed by atoms with Gasteiger partial charge in [-0.25, -0.2) is 0 Å². The van der Waals surface area contributed by atoms with Crippen LogP contribution in [0.1, 0.15) is 19.3 Å². The summed E-state index contributed by atoms with van der Waals surface area (Å²) in [6.45, 7) is 0. The van der Waals surface area contributed by atoms with Gasteiger partial charge in [-0.2, -0.15) is 0 Å². The fourth-order valence-corrected chi connectivity index (χ4v) is 4.85. The summed E-state index contributed by atoms with van der Waals surface area (Å²) < 4.78 is 0. The van der Waals surface area contributed by atoms with Crippen LogP contribution in [0.2, 0.25) is 0 Å². The highest BCUT2D eigenvalue weighted by atomic mass is 14.8. The van der Waals surface area contributed by atoms with Gasteiger partial charge in [0.05, 0.1) is 0 Å². The number of rotatable bonds is 0. The van der Waals surface area contributed by atoms with Crippen LogP contribution in [0.4, 0.5) is 0 Å². The van der Waals surface area contributed by atoms with Crippen LogP contribution in [-0.2, 0) is 0 Å². The molecule has 0 aliphatic heterocycles. The molecule has 0 heterocycles. The van der Waals surface area contributed by atoms with Gasteiger partial charge in [-0.1, -0.05) is 0 Å². The average Bonchev–Trinajstić information content (AvgIpc) is 2.79. The SMILES string of the molecule is C1C2[C+]3C4CC4C(C12)C1CC31. The molecule has 6 aliphatic carbocycles. The molecule has 0 aromatic carbocycles. The summed E-state index contributed by atoms with van der Waals surface area (Å²) in [4.78, 5) is 0. The molecule has 6 atom stereocenters. The van der Waals surface area contributed by atoms with Gasteiger partial charge < -0.3 is 0 Å². The van der Waals surface area contributed by atoms with Crippen molar-refractivity contribution >= 4 is 0 Å². The predicted molar refractivity (Wildman–Crippen MR) is 41.5 cm³/mol. The fourth-order valence-electron chi connectivity index (χ4n) is 4.85. The number of hydrogen-bond acceptors (Lipinski definition) is 0. The highest BCUT2D eigenvalue weighted by Crippen LogP contribution is 2.83. The van der Waals surface area contributed by atoms with Crippen molar-refractivity contribution < 1.29 is 0 Å². The van der Waals surface area contributed by atoms with Crippen molar-refractivity contribution in [3.8, 4) is 0 Å². The molecule has 0 radical (unpaired) electrons. The summed E-state index contributed by atoms with van der Waals surface area (Å²) in [5.74, 6) is 10.6. The Morgan fingerprint density at radius 2 is 1.18 bits per heavy atom. The van der Waals surface area contributed by atoms with Crippen molar-refractivity contribution in [1.29, 1.82) is 0 Å². The molecular formula is C11H13+. The van der Waals surface area contributed by atoms with Crippen LogP contribution >= 0.6 is 0 Å². The van der Waals surface area contributed by atoms with Crippen molar-refractivity contribution in [2.75, 3.05) is 0 Å². The quantitative estimate of drug-likeness (QED) is 0.458. The first-order chi connectivity index (χ1) is 5.45. The van der Waals surface area contributed by atoms with E-state index in [-0.39, 0.29) is 0 Å². The molecule has 56 valence electrons. The number of hydrogen-bond donors (Lipinski definition) is 0. The zero-order valence-electron chi connectivity index (χ0n) is 6.66. The summed E-state index contributed by atoms with van der Waals surface area (Å²) >= 11 is 0. The van der Waals surface area contributed by atoms with Crippen LogP contribution in [0.3, 0.4) is 0 Å². The molecule has 6 unspecified atom stereocenters. The van der Waals surface area contributed by atoms with Gasteiger partial charge in [0.25, 0.3) is 0 Å². The second-order valence-corrected chi connectivity index (χ2v) is 5.60. The molecule has 6 saturated carbocycles. The van der Waals surface area contributed by atoms with Gasteiger partial charge in [0, 0.05) is 17.8 Å². The molecule has 11 heavy (non-hydrogen) atoms. The van der Waals surface area contributed by atoms with E-state index in [1.54, 1.807) is 19.3 Å². The molecule has 0 aromatic heterocycles. The van der Waals surface area contributed by atoms with E-state index in [1.807, 2.05) is 0 Å². The predicted octanol–water partition coefficient (Wildman–Crippen LogP) is 2.11. The second kappa shape index (κ2) is 1.08. The van der Waals surface area contributed by atoms with Crippen LogP contribution in [0, 0.1) is 47.3 Å². The monoisotopic (exact) mass is 145 g/mol. The third kappa shape index (κ3) is 0.349. The summed E-state index contributed by atoms with van der Waals surface area (Å²) in [5.41, 5.74) is 0. The molecule has 0 aromatic rings. The smallest absolute Gasteiger partial charge is 0.0193 e. The topological polar surface area (TPSA) is 0 Å². The maximum atomic E-state index is 2.10. The van der Waals surface area contributed by atoms with Gasteiger partial charge in [0.15, 0.2) is 0 Å². The summed E-state index contributed by atoms with van der Waals surface area (Å²) in [5, 5.41) is 0. The van der Waals surface area contributed by atoms with E-state index in [0.717, 1.165) is 0 Å². The standard InChI is InChI=1S/C11H13/c1-4-5(1)11-7-2-6(7)10(4)8-3-9(8)11/h4-10H,1-3H2/q+1. The van der Waals surface area contributed by atoms with Crippen LogP contribution in [0.25, 0.3) is 0 Å². The normalized spacial score (nSPS) is 78.5. The highest BCUT2D eigenvalue weighted by Gasteiger charge is 2.84. The van der Waals surface area contributed by atoms with E-state index in [4.69, 9.17) is 0 Å².